The van der Waals surface area contributed by atoms with Gasteiger partial charge >= 0.3 is 6.03 Å². The van der Waals surface area contributed by atoms with E-state index in [9.17, 15) is 4.79 Å². The number of amides is 2. The SMILES string of the molecule is O=C(Nc1cccc2ccccc12)N1CCC(c2ncc[nH]2)CC1. The van der Waals surface area contributed by atoms with Crippen molar-refractivity contribution in [3.8, 4) is 0 Å². The molecule has 2 aromatic carbocycles. The first-order valence-corrected chi connectivity index (χ1v) is 8.34. The number of anilines is 1. The second-order valence-electron chi connectivity index (χ2n) is 6.19. The van der Waals surface area contributed by atoms with Gasteiger partial charge in [-0.2, -0.15) is 0 Å². The van der Waals surface area contributed by atoms with Crippen molar-refractivity contribution < 1.29 is 4.79 Å². The summed E-state index contributed by atoms with van der Waals surface area (Å²) >= 11 is 0. The zero-order valence-corrected chi connectivity index (χ0v) is 13.4. The van der Waals surface area contributed by atoms with Crippen molar-refractivity contribution in [2.45, 2.75) is 18.8 Å². The van der Waals surface area contributed by atoms with Crippen LogP contribution in [0.25, 0.3) is 10.8 Å². The third-order valence-electron chi connectivity index (χ3n) is 4.72. The molecule has 0 spiro atoms. The summed E-state index contributed by atoms with van der Waals surface area (Å²) in [5, 5.41) is 5.27. The largest absolute Gasteiger partial charge is 0.348 e. The summed E-state index contributed by atoms with van der Waals surface area (Å²) in [6, 6.07) is 14.1. The van der Waals surface area contributed by atoms with Gasteiger partial charge in [0.25, 0.3) is 0 Å². The van der Waals surface area contributed by atoms with Crippen LogP contribution in [-0.2, 0) is 0 Å². The number of imidazole rings is 1. The number of carbonyl (C=O) groups is 1. The summed E-state index contributed by atoms with van der Waals surface area (Å²) in [6.07, 6.45) is 5.52. The lowest BCUT2D eigenvalue weighted by molar-refractivity contribution is 0.193. The highest BCUT2D eigenvalue weighted by atomic mass is 16.2. The van der Waals surface area contributed by atoms with Crippen LogP contribution in [0.4, 0.5) is 10.5 Å². The van der Waals surface area contributed by atoms with E-state index in [1.54, 1.807) is 6.20 Å². The molecule has 0 saturated carbocycles. The van der Waals surface area contributed by atoms with E-state index in [0.717, 1.165) is 48.2 Å². The average molecular weight is 320 g/mol. The van der Waals surface area contributed by atoms with Gasteiger partial charge in [-0.25, -0.2) is 9.78 Å². The maximum absolute atomic E-state index is 12.6. The number of likely N-dealkylation sites (tertiary alicyclic amines) is 1. The van der Waals surface area contributed by atoms with Gasteiger partial charge < -0.3 is 15.2 Å². The zero-order chi connectivity index (χ0) is 16.4. The van der Waals surface area contributed by atoms with E-state index >= 15 is 0 Å². The number of H-pyrrole nitrogens is 1. The van der Waals surface area contributed by atoms with Crippen molar-refractivity contribution in [2.24, 2.45) is 0 Å². The highest BCUT2D eigenvalue weighted by molar-refractivity contribution is 6.01. The van der Waals surface area contributed by atoms with Crippen molar-refractivity contribution >= 4 is 22.5 Å². The Balaban J connectivity index is 1.43. The Labute approximate surface area is 140 Å². The molecule has 0 aliphatic carbocycles. The van der Waals surface area contributed by atoms with Gasteiger partial charge in [0.2, 0.25) is 0 Å². The molecular formula is C19H20N4O. The minimum absolute atomic E-state index is 0.0238. The van der Waals surface area contributed by atoms with Gasteiger partial charge in [-0.15, -0.1) is 0 Å². The molecule has 0 atom stereocenters. The van der Waals surface area contributed by atoms with Crippen molar-refractivity contribution in [2.75, 3.05) is 18.4 Å². The fraction of sp³-hybridized carbons (Fsp3) is 0.263. The maximum atomic E-state index is 12.6. The number of benzene rings is 2. The number of nitrogens with zero attached hydrogens (tertiary/aromatic N) is 2. The van der Waals surface area contributed by atoms with Gasteiger partial charge in [-0.05, 0) is 24.3 Å². The first-order chi connectivity index (χ1) is 11.8. The van der Waals surface area contributed by atoms with Crippen LogP contribution in [0.3, 0.4) is 0 Å². The number of hydrogen-bond donors (Lipinski definition) is 2. The second-order valence-corrected chi connectivity index (χ2v) is 6.19. The number of urea groups is 1. The molecule has 5 nitrogen and oxygen atoms in total. The Kier molecular flexibility index (Phi) is 3.91. The molecule has 0 radical (unpaired) electrons. The molecule has 122 valence electrons. The minimum atomic E-state index is -0.0238. The topological polar surface area (TPSA) is 61.0 Å². The number of aromatic nitrogens is 2. The number of carbonyl (C=O) groups excluding carboxylic acids is 1. The quantitative estimate of drug-likeness (QED) is 0.750. The van der Waals surface area contributed by atoms with Gasteiger partial charge in [0, 0.05) is 36.8 Å². The van der Waals surface area contributed by atoms with Gasteiger partial charge in [-0.3, -0.25) is 0 Å². The third-order valence-corrected chi connectivity index (χ3v) is 4.72. The summed E-state index contributed by atoms with van der Waals surface area (Å²) in [4.78, 5) is 22.0. The van der Waals surface area contributed by atoms with E-state index in [1.807, 2.05) is 41.4 Å². The highest BCUT2D eigenvalue weighted by Crippen LogP contribution is 2.27. The van der Waals surface area contributed by atoms with Crippen LogP contribution < -0.4 is 5.32 Å². The molecule has 2 heterocycles. The van der Waals surface area contributed by atoms with E-state index in [1.165, 1.54) is 0 Å². The lowest BCUT2D eigenvalue weighted by Crippen LogP contribution is -2.40. The van der Waals surface area contributed by atoms with Crippen molar-refractivity contribution in [1.82, 2.24) is 14.9 Å². The number of rotatable bonds is 2. The van der Waals surface area contributed by atoms with Crippen LogP contribution in [0.1, 0.15) is 24.6 Å². The average Bonchev–Trinajstić information content (AvgIpc) is 3.17. The number of nitrogens with one attached hydrogen (secondary N) is 2. The molecule has 1 fully saturated rings. The normalized spacial score (nSPS) is 15.6. The Morgan fingerprint density at radius 2 is 1.92 bits per heavy atom. The number of hydrogen-bond acceptors (Lipinski definition) is 2. The van der Waals surface area contributed by atoms with Crippen LogP contribution in [-0.4, -0.2) is 34.0 Å². The predicted molar refractivity (Wildman–Crippen MR) is 95.1 cm³/mol. The second kappa shape index (κ2) is 6.35. The van der Waals surface area contributed by atoms with E-state index in [0.29, 0.717) is 5.92 Å². The molecule has 3 aromatic rings. The molecule has 1 aliphatic rings. The Bertz CT molecular complexity index is 830. The molecule has 24 heavy (non-hydrogen) atoms. The molecule has 0 unspecified atom stereocenters. The number of piperidine rings is 1. The number of fused-ring (bicyclic) bond motifs is 1. The molecule has 2 amide bonds. The molecule has 4 rings (SSSR count). The van der Waals surface area contributed by atoms with Crippen LogP contribution >= 0.6 is 0 Å². The first-order valence-electron chi connectivity index (χ1n) is 8.34. The van der Waals surface area contributed by atoms with E-state index in [2.05, 4.69) is 27.4 Å². The molecule has 5 heteroatoms. The van der Waals surface area contributed by atoms with E-state index < -0.39 is 0 Å². The molecule has 1 aliphatic heterocycles. The maximum Gasteiger partial charge on any atom is 0.321 e. The van der Waals surface area contributed by atoms with Crippen molar-refractivity contribution in [3.05, 3.63) is 60.7 Å². The highest BCUT2D eigenvalue weighted by Gasteiger charge is 2.25. The van der Waals surface area contributed by atoms with Crippen LogP contribution in [0, 0.1) is 0 Å². The Hall–Kier alpha value is -2.82. The Morgan fingerprint density at radius 3 is 2.71 bits per heavy atom. The lowest BCUT2D eigenvalue weighted by atomic mass is 9.96. The summed E-state index contributed by atoms with van der Waals surface area (Å²) < 4.78 is 0. The van der Waals surface area contributed by atoms with E-state index in [4.69, 9.17) is 0 Å². The van der Waals surface area contributed by atoms with Gasteiger partial charge in [-0.1, -0.05) is 36.4 Å². The van der Waals surface area contributed by atoms with Crippen LogP contribution in [0.5, 0.6) is 0 Å². The van der Waals surface area contributed by atoms with Crippen LogP contribution in [0.2, 0.25) is 0 Å². The molecule has 1 aromatic heterocycles. The fourth-order valence-corrected chi connectivity index (χ4v) is 3.39. The van der Waals surface area contributed by atoms with Gasteiger partial charge in [0.15, 0.2) is 0 Å². The number of aromatic amines is 1. The lowest BCUT2D eigenvalue weighted by Gasteiger charge is -2.31. The molecular weight excluding hydrogens is 300 g/mol. The van der Waals surface area contributed by atoms with E-state index in [-0.39, 0.29) is 6.03 Å². The zero-order valence-electron chi connectivity index (χ0n) is 13.4. The molecule has 0 bridgehead atoms. The van der Waals surface area contributed by atoms with Crippen molar-refractivity contribution in [1.29, 1.82) is 0 Å². The van der Waals surface area contributed by atoms with Gasteiger partial charge in [0.1, 0.15) is 5.82 Å². The fourth-order valence-electron chi connectivity index (χ4n) is 3.39. The first kappa shape index (κ1) is 14.8. The monoisotopic (exact) mass is 320 g/mol. The molecule has 2 N–H and O–H groups in total. The summed E-state index contributed by atoms with van der Waals surface area (Å²) in [7, 11) is 0. The van der Waals surface area contributed by atoms with Gasteiger partial charge in [0.05, 0.1) is 5.69 Å². The standard InChI is InChI=1S/C19H20N4O/c24-19(22-17-7-3-5-14-4-1-2-6-16(14)17)23-12-8-15(9-13-23)18-20-10-11-21-18/h1-7,10-11,15H,8-9,12-13H2,(H,20,21)(H,22,24). The minimum Gasteiger partial charge on any atom is -0.348 e. The third kappa shape index (κ3) is 2.85. The summed E-state index contributed by atoms with van der Waals surface area (Å²) in [6.45, 7) is 1.50. The summed E-state index contributed by atoms with van der Waals surface area (Å²) in [5.74, 6) is 1.45. The summed E-state index contributed by atoms with van der Waals surface area (Å²) in [5.41, 5.74) is 0.867. The van der Waals surface area contributed by atoms with Crippen LogP contribution in [0.15, 0.2) is 54.9 Å². The molecule has 1 saturated heterocycles. The Morgan fingerprint density at radius 1 is 1.12 bits per heavy atom. The smallest absolute Gasteiger partial charge is 0.321 e. The predicted octanol–water partition coefficient (Wildman–Crippen LogP) is 3.97. The van der Waals surface area contributed by atoms with Crippen molar-refractivity contribution in [3.63, 3.8) is 0 Å².